The van der Waals surface area contributed by atoms with Crippen LogP contribution < -0.4 is 15.8 Å². The fraction of sp³-hybridized carbons (Fsp3) is 0.565. The van der Waals surface area contributed by atoms with Crippen molar-refractivity contribution < 1.29 is 4.74 Å². The summed E-state index contributed by atoms with van der Waals surface area (Å²) >= 11 is 7.01. The molecule has 2 bridgehead atoms. The first-order valence-electron chi connectivity index (χ1n) is 10.7. The van der Waals surface area contributed by atoms with Crippen LogP contribution in [0.2, 0.25) is 0 Å². The third kappa shape index (κ3) is 5.77. The Morgan fingerprint density at radius 3 is 2.80 bits per heavy atom. The van der Waals surface area contributed by atoms with Gasteiger partial charge in [-0.15, -0.1) is 0 Å². The Kier molecular flexibility index (Phi) is 7.82. The Hall–Kier alpha value is -1.57. The molecule has 1 aromatic carbocycles. The molecule has 0 amide bonds. The third-order valence-electron chi connectivity index (χ3n) is 6.51. The lowest BCUT2D eigenvalue weighted by atomic mass is 9.58. The number of allylic oxidation sites excluding steroid dienone is 2. The van der Waals surface area contributed by atoms with Gasteiger partial charge in [0.2, 0.25) is 0 Å². The van der Waals surface area contributed by atoms with Gasteiger partial charge in [0.1, 0.15) is 12.4 Å². The zero-order chi connectivity index (χ0) is 21.7. The number of hydrogen-bond acceptors (Lipinski definition) is 4. The summed E-state index contributed by atoms with van der Waals surface area (Å²) in [6, 6.07) is 8.10. The van der Waals surface area contributed by atoms with Crippen LogP contribution in [0.4, 0.5) is 5.69 Å². The Morgan fingerprint density at radius 1 is 1.40 bits per heavy atom. The second-order valence-corrected chi connectivity index (χ2v) is 10.1. The van der Waals surface area contributed by atoms with Crippen LogP contribution in [0.25, 0.3) is 0 Å². The molecule has 164 valence electrons. The SMILES string of the molecule is CC(COc1ccc(NC(=S)/N=C(\N)SCC23CCCC=C(C2)C3C)cc1)N(C)C. The average Bonchev–Trinajstić information content (AvgIpc) is 3.03. The molecule has 3 atom stereocenters. The third-order valence-corrected chi connectivity index (χ3v) is 7.81. The number of hydrogen-bond donors (Lipinski definition) is 2. The summed E-state index contributed by atoms with van der Waals surface area (Å²) in [5.41, 5.74) is 9.06. The van der Waals surface area contributed by atoms with Crippen molar-refractivity contribution in [2.45, 2.75) is 45.6 Å². The van der Waals surface area contributed by atoms with Gasteiger partial charge >= 0.3 is 0 Å². The molecule has 1 saturated carbocycles. The molecule has 0 aliphatic heterocycles. The van der Waals surface area contributed by atoms with E-state index in [2.05, 4.69) is 35.1 Å². The smallest absolute Gasteiger partial charge is 0.199 e. The number of likely N-dealkylation sites (N-methyl/N-ethyl adjacent to an activating group) is 1. The van der Waals surface area contributed by atoms with E-state index in [0.717, 1.165) is 17.2 Å². The molecule has 3 unspecified atom stereocenters. The molecular formula is C23H34N4OS2. The fourth-order valence-electron chi connectivity index (χ4n) is 4.02. The summed E-state index contributed by atoms with van der Waals surface area (Å²) in [6.07, 6.45) is 7.44. The molecular weight excluding hydrogens is 412 g/mol. The minimum atomic E-state index is 0.355. The molecule has 3 aliphatic rings. The number of fused-ring (bicyclic) bond motifs is 3. The topological polar surface area (TPSA) is 62.9 Å². The quantitative estimate of drug-likeness (QED) is 0.269. The van der Waals surface area contributed by atoms with Crippen LogP contribution in [0.5, 0.6) is 5.75 Å². The lowest BCUT2D eigenvalue weighted by Crippen LogP contribution is -2.42. The van der Waals surface area contributed by atoms with Crippen molar-refractivity contribution in [1.82, 2.24) is 4.90 Å². The number of anilines is 1. The molecule has 0 spiro atoms. The van der Waals surface area contributed by atoms with Gasteiger partial charge in [-0.25, -0.2) is 0 Å². The number of nitrogens with two attached hydrogens (primary N) is 1. The first-order valence-corrected chi connectivity index (χ1v) is 12.0. The van der Waals surface area contributed by atoms with Gasteiger partial charge in [0.05, 0.1) is 0 Å². The van der Waals surface area contributed by atoms with E-state index in [9.17, 15) is 0 Å². The standard InChI is InChI=1S/C23H34N4OS2/c1-16(27(3)4)14-28-20-10-8-19(9-11-20)25-22(29)26-21(24)30-15-23-12-6-5-7-18(13-23)17(23)2/h7-11,16-17H,5-6,12-15H2,1-4H3,(H3,24,25,26,29). The van der Waals surface area contributed by atoms with Crippen molar-refractivity contribution in [3.63, 3.8) is 0 Å². The molecule has 5 nitrogen and oxygen atoms in total. The van der Waals surface area contributed by atoms with Crippen LogP contribution >= 0.6 is 24.0 Å². The summed E-state index contributed by atoms with van der Waals surface area (Å²) in [6.45, 7) is 5.13. The largest absolute Gasteiger partial charge is 0.492 e. The first-order chi connectivity index (χ1) is 14.3. The van der Waals surface area contributed by atoms with E-state index in [1.54, 1.807) is 17.3 Å². The van der Waals surface area contributed by atoms with Crippen molar-refractivity contribution >= 4 is 39.9 Å². The van der Waals surface area contributed by atoms with Crippen molar-refractivity contribution in [1.29, 1.82) is 0 Å². The van der Waals surface area contributed by atoms with Gasteiger partial charge in [0.15, 0.2) is 10.3 Å². The Balaban J connectivity index is 1.46. The fourth-order valence-corrected chi connectivity index (χ4v) is 5.38. The average molecular weight is 447 g/mol. The van der Waals surface area contributed by atoms with Gasteiger partial charge in [-0.3, -0.25) is 0 Å². The minimum Gasteiger partial charge on any atom is -0.492 e. The number of thioether (sulfide) groups is 1. The molecule has 1 aromatic rings. The summed E-state index contributed by atoms with van der Waals surface area (Å²) in [4.78, 5) is 6.51. The molecule has 0 radical (unpaired) electrons. The number of thiocarbonyl (C=S) groups is 1. The van der Waals surface area contributed by atoms with E-state index in [-0.39, 0.29) is 0 Å². The lowest BCUT2D eigenvalue weighted by Gasteiger charge is -2.49. The highest BCUT2D eigenvalue weighted by atomic mass is 32.2. The summed E-state index contributed by atoms with van der Waals surface area (Å²) in [7, 11) is 4.09. The van der Waals surface area contributed by atoms with E-state index >= 15 is 0 Å². The number of rotatable bonds is 7. The zero-order valence-corrected chi connectivity index (χ0v) is 20.1. The van der Waals surface area contributed by atoms with Crippen LogP contribution in [-0.2, 0) is 0 Å². The Labute approximate surface area is 190 Å². The number of amidine groups is 1. The van der Waals surface area contributed by atoms with Gasteiger partial charge in [-0.2, -0.15) is 4.99 Å². The second-order valence-electron chi connectivity index (χ2n) is 8.75. The molecule has 1 fully saturated rings. The monoisotopic (exact) mass is 446 g/mol. The lowest BCUT2D eigenvalue weighted by molar-refractivity contribution is 0.141. The predicted octanol–water partition coefficient (Wildman–Crippen LogP) is 4.90. The maximum absolute atomic E-state index is 6.17. The molecule has 30 heavy (non-hydrogen) atoms. The van der Waals surface area contributed by atoms with Gasteiger partial charge in [0.25, 0.3) is 0 Å². The van der Waals surface area contributed by atoms with Crippen LogP contribution in [0.1, 0.15) is 39.5 Å². The van der Waals surface area contributed by atoms with Gasteiger partial charge in [-0.1, -0.05) is 30.3 Å². The van der Waals surface area contributed by atoms with Crippen molar-refractivity contribution in [2.75, 3.05) is 31.8 Å². The van der Waals surface area contributed by atoms with E-state index in [0.29, 0.717) is 34.3 Å². The van der Waals surface area contributed by atoms with E-state index in [1.165, 1.54) is 25.7 Å². The van der Waals surface area contributed by atoms with Gasteiger partial charge in [0, 0.05) is 17.5 Å². The number of nitrogens with one attached hydrogen (secondary N) is 1. The normalized spacial score (nSPS) is 24.5. The second kappa shape index (κ2) is 10.2. The van der Waals surface area contributed by atoms with E-state index < -0.39 is 0 Å². The maximum Gasteiger partial charge on any atom is 0.199 e. The number of aliphatic imine (C=N–C) groups is 1. The van der Waals surface area contributed by atoms with E-state index in [4.69, 9.17) is 22.7 Å². The number of ether oxygens (including phenoxy) is 1. The molecule has 7 heteroatoms. The van der Waals surface area contributed by atoms with Crippen LogP contribution in [0.3, 0.4) is 0 Å². The zero-order valence-electron chi connectivity index (χ0n) is 18.5. The predicted molar refractivity (Wildman–Crippen MR) is 134 cm³/mol. The molecule has 3 aliphatic carbocycles. The molecule has 4 rings (SSSR count). The molecule has 0 saturated heterocycles. The summed E-state index contributed by atoms with van der Waals surface area (Å²) in [5.74, 6) is 2.53. The number of benzene rings is 1. The van der Waals surface area contributed by atoms with Crippen LogP contribution in [0, 0.1) is 11.3 Å². The van der Waals surface area contributed by atoms with E-state index in [1.807, 2.05) is 38.4 Å². The highest BCUT2D eigenvalue weighted by Gasteiger charge is 2.47. The van der Waals surface area contributed by atoms with Crippen molar-refractivity contribution in [3.05, 3.63) is 35.9 Å². The van der Waals surface area contributed by atoms with Crippen LogP contribution in [-0.4, -0.2) is 47.7 Å². The minimum absolute atomic E-state index is 0.355. The number of nitrogens with zero attached hydrogens (tertiary/aromatic N) is 2. The highest BCUT2D eigenvalue weighted by Crippen LogP contribution is 2.57. The van der Waals surface area contributed by atoms with Gasteiger partial charge in [-0.05, 0) is 94.5 Å². The Bertz CT molecular complexity index is 806. The highest BCUT2D eigenvalue weighted by molar-refractivity contribution is 8.13. The Morgan fingerprint density at radius 2 is 2.13 bits per heavy atom. The van der Waals surface area contributed by atoms with Gasteiger partial charge < -0.3 is 20.7 Å². The van der Waals surface area contributed by atoms with Crippen LogP contribution in [0.15, 0.2) is 40.9 Å². The molecule has 3 N–H and O–H groups in total. The van der Waals surface area contributed by atoms with Crippen molar-refractivity contribution in [3.8, 4) is 5.75 Å². The maximum atomic E-state index is 6.17. The first kappa shape index (κ1) is 23.1. The van der Waals surface area contributed by atoms with Crippen molar-refractivity contribution in [2.24, 2.45) is 22.1 Å². The molecule has 0 aromatic heterocycles. The summed E-state index contributed by atoms with van der Waals surface area (Å²) in [5, 5.41) is 4.06. The summed E-state index contributed by atoms with van der Waals surface area (Å²) < 4.78 is 5.82. The molecule has 0 heterocycles.